The van der Waals surface area contributed by atoms with E-state index in [2.05, 4.69) is 34.3 Å². The number of sulfonamides is 1. The minimum Gasteiger partial charge on any atom is -0.495 e. The number of hydrogen-bond acceptors (Lipinski definition) is 7. The van der Waals surface area contributed by atoms with E-state index in [4.69, 9.17) is 14.6 Å². The number of rotatable bonds is 9. The Labute approximate surface area is 262 Å². The Morgan fingerprint density at radius 3 is 2.49 bits per heavy atom. The maximum Gasteiger partial charge on any atom is 0.406 e. The molecule has 2 heterocycles. The highest BCUT2D eigenvalue weighted by Gasteiger charge is 2.40. The summed E-state index contributed by atoms with van der Waals surface area (Å²) < 4.78 is 76.4. The molecule has 1 saturated carbocycles. The molecule has 5 rings (SSSR count). The van der Waals surface area contributed by atoms with Crippen LogP contribution in [0.5, 0.6) is 5.75 Å². The quantitative estimate of drug-likeness (QED) is 0.276. The number of likely N-dealkylation sites (tertiary alicyclic amines) is 1. The Hall–Kier alpha value is -3.44. The van der Waals surface area contributed by atoms with Gasteiger partial charge in [-0.15, -0.1) is 0 Å². The summed E-state index contributed by atoms with van der Waals surface area (Å²) in [6, 6.07) is 11.4. The van der Waals surface area contributed by atoms with Crippen LogP contribution in [0.15, 0.2) is 47.4 Å². The van der Waals surface area contributed by atoms with Crippen LogP contribution in [0.4, 0.5) is 24.5 Å². The number of nitrogens with zero attached hydrogens (tertiary/aromatic N) is 2. The number of aromatic nitrogens is 1. The monoisotopic (exact) mass is 647 g/mol. The molecule has 1 aliphatic heterocycles. The van der Waals surface area contributed by atoms with Gasteiger partial charge in [0.05, 0.1) is 41.6 Å². The second-order valence-electron chi connectivity index (χ2n) is 12.0. The second-order valence-corrected chi connectivity index (χ2v) is 13.6. The van der Waals surface area contributed by atoms with E-state index in [1.54, 1.807) is 25.3 Å². The smallest absolute Gasteiger partial charge is 0.406 e. The van der Waals surface area contributed by atoms with Crippen molar-refractivity contribution in [3.8, 4) is 17.6 Å². The van der Waals surface area contributed by atoms with E-state index < -0.39 is 22.7 Å². The SMILES string of the molecule is COc1cc(S(N)(=O)=O)ccc1NCC#Cc1cc2c(NC3CCC(C)(N4CCC(OC)C4)CC3)cccc2n1CC(F)(F)F. The maximum atomic E-state index is 13.7. The van der Waals surface area contributed by atoms with Gasteiger partial charge in [-0.1, -0.05) is 12.0 Å². The molecule has 2 fully saturated rings. The Morgan fingerprint density at radius 1 is 1.09 bits per heavy atom. The lowest BCUT2D eigenvalue weighted by atomic mass is 9.79. The molecule has 2 aromatic carbocycles. The first-order chi connectivity index (χ1) is 21.3. The molecule has 244 valence electrons. The lowest BCUT2D eigenvalue weighted by molar-refractivity contribution is -0.140. The Morgan fingerprint density at radius 2 is 1.84 bits per heavy atom. The van der Waals surface area contributed by atoms with Gasteiger partial charge in [0.15, 0.2) is 0 Å². The largest absolute Gasteiger partial charge is 0.495 e. The highest BCUT2D eigenvalue weighted by Crippen LogP contribution is 2.38. The van der Waals surface area contributed by atoms with Gasteiger partial charge in [0.25, 0.3) is 0 Å². The van der Waals surface area contributed by atoms with Crippen molar-refractivity contribution >= 4 is 32.3 Å². The van der Waals surface area contributed by atoms with Crippen molar-refractivity contribution < 1.29 is 31.1 Å². The Balaban J connectivity index is 1.33. The Kier molecular flexibility index (Phi) is 9.60. The molecule has 0 spiro atoms. The molecule has 1 aliphatic carbocycles. The zero-order valence-corrected chi connectivity index (χ0v) is 26.5. The molecular formula is C32H40F3N5O4S. The molecule has 3 aromatic rings. The fourth-order valence-electron chi connectivity index (χ4n) is 6.46. The number of nitrogens with one attached hydrogen (secondary N) is 2. The molecule has 45 heavy (non-hydrogen) atoms. The van der Waals surface area contributed by atoms with E-state index in [1.807, 2.05) is 6.07 Å². The van der Waals surface area contributed by atoms with Crippen LogP contribution in [-0.4, -0.2) is 75.6 Å². The number of alkyl halides is 3. The van der Waals surface area contributed by atoms with Gasteiger partial charge in [0.1, 0.15) is 12.3 Å². The standard InChI is InChI=1S/C32H40F3N5O4S/c1-31(39-17-13-24(20-39)43-2)14-11-22(12-15-31)38-27-7-4-8-29-26(27)18-23(40(29)21-32(33,34)35)6-5-16-37-28-10-9-25(45(36,41)42)19-30(28)44-3/h4,7-10,18-19,22,24,37-38H,11-17,20-21H2,1-3H3,(H2,36,41,42). The second kappa shape index (κ2) is 13.1. The first-order valence-electron chi connectivity index (χ1n) is 15.0. The molecule has 9 nitrogen and oxygen atoms in total. The van der Waals surface area contributed by atoms with Crippen LogP contribution >= 0.6 is 0 Å². The summed E-state index contributed by atoms with van der Waals surface area (Å²) in [7, 11) is -0.757. The number of methoxy groups -OCH3 is 2. The van der Waals surface area contributed by atoms with E-state index in [0.717, 1.165) is 50.9 Å². The summed E-state index contributed by atoms with van der Waals surface area (Å²) in [6.07, 6.45) is 0.893. The van der Waals surface area contributed by atoms with Gasteiger partial charge in [-0.3, -0.25) is 4.90 Å². The molecular weight excluding hydrogens is 607 g/mol. The maximum absolute atomic E-state index is 13.7. The first kappa shape index (κ1) is 32.9. The molecule has 0 amide bonds. The van der Waals surface area contributed by atoms with Gasteiger partial charge in [-0.25, -0.2) is 13.6 Å². The number of hydrogen-bond donors (Lipinski definition) is 3. The summed E-state index contributed by atoms with van der Waals surface area (Å²) in [5, 5.41) is 12.5. The highest BCUT2D eigenvalue weighted by molar-refractivity contribution is 7.89. The molecule has 0 radical (unpaired) electrons. The van der Waals surface area contributed by atoms with Crippen molar-refractivity contribution in [3.63, 3.8) is 0 Å². The number of ether oxygens (including phenoxy) is 2. The molecule has 4 N–H and O–H groups in total. The van der Waals surface area contributed by atoms with Crippen LogP contribution in [0.1, 0.15) is 44.7 Å². The van der Waals surface area contributed by atoms with Crippen LogP contribution in [0.25, 0.3) is 10.9 Å². The predicted molar refractivity (Wildman–Crippen MR) is 169 cm³/mol. The third kappa shape index (κ3) is 7.69. The van der Waals surface area contributed by atoms with Gasteiger partial charge in [-0.2, -0.15) is 13.2 Å². The lowest BCUT2D eigenvalue weighted by Crippen LogP contribution is -2.49. The van der Waals surface area contributed by atoms with Crippen molar-refractivity contribution in [1.29, 1.82) is 0 Å². The van der Waals surface area contributed by atoms with Crippen molar-refractivity contribution in [2.24, 2.45) is 5.14 Å². The van der Waals surface area contributed by atoms with Crippen LogP contribution < -0.4 is 20.5 Å². The number of benzene rings is 2. The van der Waals surface area contributed by atoms with E-state index >= 15 is 0 Å². The van der Waals surface area contributed by atoms with Crippen molar-refractivity contribution in [2.45, 2.75) is 74.3 Å². The van der Waals surface area contributed by atoms with E-state index in [1.165, 1.54) is 29.9 Å². The molecule has 1 saturated heterocycles. The van der Waals surface area contributed by atoms with Gasteiger partial charge in [0, 0.05) is 48.9 Å². The number of fused-ring (bicyclic) bond motifs is 1. The van der Waals surface area contributed by atoms with Crippen LogP contribution in [0, 0.1) is 11.8 Å². The van der Waals surface area contributed by atoms with E-state index in [9.17, 15) is 21.6 Å². The van der Waals surface area contributed by atoms with Gasteiger partial charge in [0.2, 0.25) is 10.0 Å². The topological polar surface area (TPSA) is 111 Å². The third-order valence-corrected chi connectivity index (χ3v) is 9.94. The average molecular weight is 648 g/mol. The van der Waals surface area contributed by atoms with E-state index in [0.29, 0.717) is 16.6 Å². The predicted octanol–water partition coefficient (Wildman–Crippen LogP) is 5.16. The minimum atomic E-state index is -4.44. The fraction of sp³-hybridized carbons (Fsp3) is 0.500. The molecule has 0 bridgehead atoms. The molecule has 2 aliphatic rings. The van der Waals surface area contributed by atoms with Crippen molar-refractivity contribution in [2.75, 3.05) is 44.5 Å². The molecule has 1 atom stereocenters. The van der Waals surface area contributed by atoms with Crippen molar-refractivity contribution in [1.82, 2.24) is 9.47 Å². The Bertz CT molecular complexity index is 1690. The average Bonchev–Trinajstić information content (AvgIpc) is 3.61. The minimum absolute atomic E-state index is 0.0761. The van der Waals surface area contributed by atoms with Gasteiger partial charge < -0.3 is 24.7 Å². The fourth-order valence-corrected chi connectivity index (χ4v) is 6.99. The number of anilines is 2. The molecule has 1 aromatic heterocycles. The molecule has 13 heteroatoms. The van der Waals surface area contributed by atoms with Crippen LogP contribution in [0.2, 0.25) is 0 Å². The number of nitrogens with two attached hydrogens (primary N) is 1. The van der Waals surface area contributed by atoms with E-state index in [-0.39, 0.29) is 40.6 Å². The summed E-state index contributed by atoms with van der Waals surface area (Å²) in [4.78, 5) is 2.44. The number of halogens is 3. The van der Waals surface area contributed by atoms with Crippen molar-refractivity contribution in [3.05, 3.63) is 48.2 Å². The first-order valence-corrected chi connectivity index (χ1v) is 16.5. The van der Waals surface area contributed by atoms with Crippen LogP contribution in [0.3, 0.4) is 0 Å². The van der Waals surface area contributed by atoms with Gasteiger partial charge in [-0.05, 0) is 75.3 Å². The lowest BCUT2D eigenvalue weighted by Gasteiger charge is -2.44. The normalized spacial score (nSPS) is 22.6. The zero-order chi connectivity index (χ0) is 32.4. The van der Waals surface area contributed by atoms with Crippen LogP contribution in [-0.2, 0) is 21.3 Å². The van der Waals surface area contributed by atoms with Gasteiger partial charge >= 0.3 is 6.18 Å². The summed E-state index contributed by atoms with van der Waals surface area (Å²) >= 11 is 0. The molecule has 1 unspecified atom stereocenters. The summed E-state index contributed by atoms with van der Waals surface area (Å²) in [5.74, 6) is 6.04. The zero-order valence-electron chi connectivity index (χ0n) is 25.7. The summed E-state index contributed by atoms with van der Waals surface area (Å²) in [6.45, 7) is 3.23. The number of primary sulfonamides is 1. The third-order valence-electron chi connectivity index (χ3n) is 9.03. The summed E-state index contributed by atoms with van der Waals surface area (Å²) in [5.41, 5.74) is 2.08. The highest BCUT2D eigenvalue weighted by atomic mass is 32.2.